The normalized spacial score (nSPS) is 10.8. The zero-order valence-corrected chi connectivity index (χ0v) is 11.5. The van der Waals surface area contributed by atoms with Crippen LogP contribution in [0.4, 0.5) is 20.2 Å². The number of nitrogens with one attached hydrogen (secondary N) is 1. The summed E-state index contributed by atoms with van der Waals surface area (Å²) in [5.74, 6) is -1.51. The van der Waals surface area contributed by atoms with E-state index in [4.69, 9.17) is 4.74 Å². The molecule has 0 saturated heterocycles. The van der Waals surface area contributed by atoms with Gasteiger partial charge in [-0.05, 0) is 12.3 Å². The Balaban J connectivity index is 2.46. The Kier molecular flexibility index (Phi) is 6.30. The highest BCUT2D eigenvalue weighted by Crippen LogP contribution is 2.24. The molecule has 0 aliphatic heterocycles. The molecule has 0 fully saturated rings. The Labute approximate surface area is 116 Å². The molecule has 0 heterocycles. The summed E-state index contributed by atoms with van der Waals surface area (Å²) in [4.78, 5) is 9.60. The molecule has 0 amide bonds. The van der Waals surface area contributed by atoms with E-state index in [0.717, 1.165) is 0 Å². The summed E-state index contributed by atoms with van der Waals surface area (Å²) in [7, 11) is 0. The first kappa shape index (κ1) is 16.3. The summed E-state index contributed by atoms with van der Waals surface area (Å²) >= 11 is 0. The van der Waals surface area contributed by atoms with Gasteiger partial charge in [0.1, 0.15) is 5.69 Å². The maximum Gasteiger partial charge on any atom is 0.275 e. The predicted octanol–water partition coefficient (Wildman–Crippen LogP) is 3.35. The summed E-state index contributed by atoms with van der Waals surface area (Å²) < 4.78 is 32.4. The zero-order valence-electron chi connectivity index (χ0n) is 11.5. The van der Waals surface area contributed by atoms with Crippen molar-refractivity contribution in [1.82, 2.24) is 0 Å². The average molecular weight is 288 g/mol. The second-order valence-electron chi connectivity index (χ2n) is 4.79. The van der Waals surface area contributed by atoms with Crippen LogP contribution in [0.25, 0.3) is 0 Å². The highest BCUT2D eigenvalue weighted by Gasteiger charge is 2.16. The number of hydrogen-bond acceptors (Lipinski definition) is 4. The maximum absolute atomic E-state index is 13.5. The third-order valence-corrected chi connectivity index (χ3v) is 2.46. The highest BCUT2D eigenvalue weighted by molar-refractivity contribution is 5.51. The van der Waals surface area contributed by atoms with Crippen molar-refractivity contribution < 1.29 is 18.4 Å². The maximum atomic E-state index is 13.5. The lowest BCUT2D eigenvalue weighted by molar-refractivity contribution is -0.385. The quantitative estimate of drug-likeness (QED) is 0.452. The van der Waals surface area contributed by atoms with Gasteiger partial charge in [0, 0.05) is 19.8 Å². The molecule has 7 heteroatoms. The number of nitro benzene ring substituents is 1. The van der Waals surface area contributed by atoms with Crippen molar-refractivity contribution in [3.05, 3.63) is 33.9 Å². The second kappa shape index (κ2) is 7.74. The van der Waals surface area contributed by atoms with Crippen molar-refractivity contribution in [3.8, 4) is 0 Å². The number of halogens is 2. The first-order valence-electron chi connectivity index (χ1n) is 6.37. The van der Waals surface area contributed by atoms with E-state index in [0.29, 0.717) is 44.2 Å². The highest BCUT2D eigenvalue weighted by atomic mass is 19.1. The van der Waals surface area contributed by atoms with Crippen molar-refractivity contribution >= 4 is 11.4 Å². The van der Waals surface area contributed by atoms with Gasteiger partial charge in [-0.2, -0.15) is 0 Å². The molecular weight excluding hydrogens is 270 g/mol. The lowest BCUT2D eigenvalue weighted by atomic mass is 10.2. The van der Waals surface area contributed by atoms with Crippen LogP contribution in [0.1, 0.15) is 20.3 Å². The fourth-order valence-corrected chi connectivity index (χ4v) is 1.54. The summed E-state index contributed by atoms with van der Waals surface area (Å²) in [6, 6.07) is 1.39. The summed E-state index contributed by atoms with van der Waals surface area (Å²) in [5, 5.41) is 13.0. The topological polar surface area (TPSA) is 64.4 Å². The number of anilines is 1. The molecule has 0 bridgehead atoms. The largest absolute Gasteiger partial charge is 0.381 e. The van der Waals surface area contributed by atoms with Crippen LogP contribution in [0.3, 0.4) is 0 Å². The van der Waals surface area contributed by atoms with Crippen LogP contribution < -0.4 is 5.32 Å². The van der Waals surface area contributed by atoms with E-state index in [1.54, 1.807) is 0 Å². The minimum atomic E-state index is -0.972. The molecular formula is C13H18F2N2O3. The molecule has 112 valence electrons. The SMILES string of the molecule is CC(C)COCCCNc1c(F)cc([N+](=O)[O-])cc1F. The standard InChI is InChI=1S/C13H18F2N2O3/c1-9(2)8-20-5-3-4-16-13-11(14)6-10(17(18)19)7-12(13)15/h6-7,9,16H,3-5,8H2,1-2H3. The number of nitrogens with zero attached hydrogens (tertiary/aromatic N) is 1. The first-order chi connectivity index (χ1) is 9.41. The second-order valence-corrected chi connectivity index (χ2v) is 4.79. The molecule has 1 aromatic rings. The predicted molar refractivity (Wildman–Crippen MR) is 71.8 cm³/mol. The number of benzene rings is 1. The Morgan fingerprint density at radius 2 is 1.95 bits per heavy atom. The van der Waals surface area contributed by atoms with E-state index >= 15 is 0 Å². The van der Waals surface area contributed by atoms with Crippen LogP contribution >= 0.6 is 0 Å². The molecule has 0 aliphatic carbocycles. The Hall–Kier alpha value is -1.76. The molecule has 0 aliphatic rings. The van der Waals surface area contributed by atoms with Gasteiger partial charge in [0.15, 0.2) is 11.6 Å². The van der Waals surface area contributed by atoms with Crippen molar-refractivity contribution in [3.63, 3.8) is 0 Å². The van der Waals surface area contributed by atoms with Crippen molar-refractivity contribution in [2.45, 2.75) is 20.3 Å². The molecule has 1 aromatic carbocycles. The first-order valence-corrected chi connectivity index (χ1v) is 6.37. The Bertz CT molecular complexity index is 444. The van der Waals surface area contributed by atoms with Crippen LogP contribution in [-0.4, -0.2) is 24.7 Å². The van der Waals surface area contributed by atoms with Gasteiger partial charge in [0.2, 0.25) is 0 Å². The fourth-order valence-electron chi connectivity index (χ4n) is 1.54. The molecule has 1 N–H and O–H groups in total. The molecule has 0 radical (unpaired) electrons. The lowest BCUT2D eigenvalue weighted by Crippen LogP contribution is -2.10. The molecule has 0 atom stereocenters. The number of hydrogen-bond donors (Lipinski definition) is 1. The fraction of sp³-hybridized carbons (Fsp3) is 0.538. The van der Waals surface area contributed by atoms with Gasteiger partial charge in [0.05, 0.1) is 17.1 Å². The van der Waals surface area contributed by atoms with E-state index in [-0.39, 0.29) is 5.69 Å². The van der Waals surface area contributed by atoms with Gasteiger partial charge in [0.25, 0.3) is 5.69 Å². The van der Waals surface area contributed by atoms with E-state index in [9.17, 15) is 18.9 Å². The number of ether oxygens (including phenoxy) is 1. The molecule has 0 unspecified atom stereocenters. The van der Waals surface area contributed by atoms with Gasteiger partial charge in [-0.15, -0.1) is 0 Å². The van der Waals surface area contributed by atoms with Crippen LogP contribution in [0.5, 0.6) is 0 Å². The van der Waals surface area contributed by atoms with Gasteiger partial charge in [-0.3, -0.25) is 10.1 Å². The molecule has 20 heavy (non-hydrogen) atoms. The van der Waals surface area contributed by atoms with Crippen LogP contribution in [-0.2, 0) is 4.74 Å². The van der Waals surface area contributed by atoms with Crippen LogP contribution in [0, 0.1) is 27.7 Å². The minimum Gasteiger partial charge on any atom is -0.381 e. The van der Waals surface area contributed by atoms with Gasteiger partial charge >= 0.3 is 0 Å². The van der Waals surface area contributed by atoms with Crippen LogP contribution in [0.15, 0.2) is 12.1 Å². The summed E-state index contributed by atoms with van der Waals surface area (Å²) in [6.07, 6.45) is 0.586. The average Bonchev–Trinajstić information content (AvgIpc) is 2.35. The van der Waals surface area contributed by atoms with Crippen molar-refractivity contribution in [2.24, 2.45) is 5.92 Å². The third-order valence-electron chi connectivity index (χ3n) is 2.46. The zero-order chi connectivity index (χ0) is 15.1. The molecule has 0 aromatic heterocycles. The van der Waals surface area contributed by atoms with Gasteiger partial charge in [-0.1, -0.05) is 13.8 Å². The van der Waals surface area contributed by atoms with E-state index in [1.807, 2.05) is 13.8 Å². The smallest absolute Gasteiger partial charge is 0.275 e. The van der Waals surface area contributed by atoms with Gasteiger partial charge in [-0.25, -0.2) is 8.78 Å². The number of non-ortho nitro benzene ring substituents is 1. The van der Waals surface area contributed by atoms with Crippen molar-refractivity contribution in [2.75, 3.05) is 25.1 Å². The molecule has 1 rings (SSSR count). The lowest BCUT2D eigenvalue weighted by Gasteiger charge is -2.10. The van der Waals surface area contributed by atoms with E-state index < -0.39 is 22.2 Å². The minimum absolute atomic E-state index is 0.323. The molecule has 0 saturated carbocycles. The Morgan fingerprint density at radius 3 is 2.45 bits per heavy atom. The number of rotatable bonds is 8. The van der Waals surface area contributed by atoms with Crippen LogP contribution in [0.2, 0.25) is 0 Å². The molecule has 5 nitrogen and oxygen atoms in total. The van der Waals surface area contributed by atoms with E-state index in [2.05, 4.69) is 5.32 Å². The van der Waals surface area contributed by atoms with E-state index in [1.165, 1.54) is 0 Å². The summed E-state index contributed by atoms with van der Waals surface area (Å²) in [6.45, 7) is 5.51. The summed E-state index contributed by atoms with van der Waals surface area (Å²) in [5.41, 5.74) is -0.953. The monoisotopic (exact) mass is 288 g/mol. The van der Waals surface area contributed by atoms with Crippen molar-refractivity contribution in [1.29, 1.82) is 0 Å². The number of nitro groups is 1. The third kappa shape index (κ3) is 5.08. The molecule has 0 spiro atoms. The Morgan fingerprint density at radius 1 is 1.35 bits per heavy atom. The van der Waals surface area contributed by atoms with Gasteiger partial charge < -0.3 is 10.1 Å².